The van der Waals surface area contributed by atoms with Crippen molar-refractivity contribution in [2.24, 2.45) is 5.92 Å². The highest BCUT2D eigenvalue weighted by atomic mass is 35.5. The molecule has 2 fully saturated rings. The van der Waals surface area contributed by atoms with Crippen molar-refractivity contribution < 1.29 is 14.2 Å². The molecule has 4 heteroatoms. The first kappa shape index (κ1) is 12.0. The molecule has 5 atom stereocenters. The molecular weight excluding hydrogens is 264 g/mol. The number of ether oxygens (including phenoxy) is 3. The van der Waals surface area contributed by atoms with Crippen LogP contribution in [0.4, 0.5) is 0 Å². The third-order valence-electron chi connectivity index (χ3n) is 4.59. The molecule has 1 aromatic rings. The monoisotopic (exact) mass is 280 g/mol. The molecule has 0 radical (unpaired) electrons. The van der Waals surface area contributed by atoms with E-state index in [1.807, 2.05) is 13.0 Å². The topological polar surface area (TPSA) is 27.7 Å². The maximum atomic E-state index is 6.16. The number of halogens is 1. The summed E-state index contributed by atoms with van der Waals surface area (Å²) < 4.78 is 17.7. The highest BCUT2D eigenvalue weighted by Crippen LogP contribution is 2.53. The van der Waals surface area contributed by atoms with Crippen molar-refractivity contribution in [3.63, 3.8) is 0 Å². The minimum Gasteiger partial charge on any atom is -0.489 e. The molecule has 19 heavy (non-hydrogen) atoms. The minimum absolute atomic E-state index is 0.0891. The quantitative estimate of drug-likeness (QED) is 0.740. The van der Waals surface area contributed by atoms with E-state index in [9.17, 15) is 0 Å². The zero-order valence-electron chi connectivity index (χ0n) is 10.8. The standard InChI is InChI=1S/C15H17ClO3/c1-8-17-7-11-12(18-8)5-13-14(11)10-4-2-3-9(6-16)15(10)19-13/h2-4,8,11-14H,5-7H2,1H3/t8?,11-,12+,13-,14+/m0/s1. The van der Waals surface area contributed by atoms with Gasteiger partial charge in [0.2, 0.25) is 0 Å². The third kappa shape index (κ3) is 1.72. The number of hydrogen-bond donors (Lipinski definition) is 0. The van der Waals surface area contributed by atoms with E-state index in [-0.39, 0.29) is 18.5 Å². The first-order valence-electron chi connectivity index (χ1n) is 6.89. The smallest absolute Gasteiger partial charge is 0.155 e. The second kappa shape index (κ2) is 4.37. The van der Waals surface area contributed by atoms with E-state index in [1.165, 1.54) is 5.56 Å². The van der Waals surface area contributed by atoms with Gasteiger partial charge in [0.25, 0.3) is 0 Å². The molecule has 0 bridgehead atoms. The Morgan fingerprint density at radius 3 is 3.05 bits per heavy atom. The van der Waals surface area contributed by atoms with Crippen molar-refractivity contribution in [2.45, 2.75) is 43.6 Å². The lowest BCUT2D eigenvalue weighted by Gasteiger charge is -2.32. The highest BCUT2D eigenvalue weighted by molar-refractivity contribution is 6.17. The Kier molecular flexibility index (Phi) is 2.76. The summed E-state index contributed by atoms with van der Waals surface area (Å²) in [6.07, 6.45) is 1.36. The van der Waals surface area contributed by atoms with Gasteiger partial charge in [-0.2, -0.15) is 0 Å². The minimum atomic E-state index is -0.0891. The summed E-state index contributed by atoms with van der Waals surface area (Å²) in [5.41, 5.74) is 2.38. The van der Waals surface area contributed by atoms with E-state index in [0.717, 1.165) is 24.3 Å². The summed E-state index contributed by atoms with van der Waals surface area (Å²) >= 11 is 5.99. The van der Waals surface area contributed by atoms with Crippen molar-refractivity contribution in [3.8, 4) is 5.75 Å². The summed E-state index contributed by atoms with van der Waals surface area (Å²) in [5, 5.41) is 0. The molecule has 1 aliphatic carbocycles. The number of fused-ring (bicyclic) bond motifs is 5. The van der Waals surface area contributed by atoms with Gasteiger partial charge in [0.1, 0.15) is 11.9 Å². The van der Waals surface area contributed by atoms with Gasteiger partial charge in [0, 0.05) is 29.4 Å². The van der Waals surface area contributed by atoms with Crippen molar-refractivity contribution in [1.82, 2.24) is 0 Å². The van der Waals surface area contributed by atoms with Crippen LogP contribution in [-0.2, 0) is 15.4 Å². The molecule has 2 aliphatic heterocycles. The van der Waals surface area contributed by atoms with Crippen LogP contribution in [0.5, 0.6) is 5.75 Å². The molecule has 0 N–H and O–H groups in total. The summed E-state index contributed by atoms with van der Waals surface area (Å²) in [6.45, 7) is 2.73. The largest absolute Gasteiger partial charge is 0.489 e. The van der Waals surface area contributed by atoms with Crippen LogP contribution in [0.25, 0.3) is 0 Å². The Labute approximate surface area is 117 Å². The Morgan fingerprint density at radius 2 is 2.21 bits per heavy atom. The Bertz CT molecular complexity index is 504. The second-order valence-electron chi connectivity index (χ2n) is 5.63. The van der Waals surface area contributed by atoms with Crippen molar-refractivity contribution >= 4 is 11.6 Å². The fourth-order valence-electron chi connectivity index (χ4n) is 3.78. The zero-order chi connectivity index (χ0) is 13.0. The normalized spacial score (nSPS) is 39.4. The maximum absolute atomic E-state index is 6.16. The highest BCUT2D eigenvalue weighted by Gasteiger charge is 2.52. The van der Waals surface area contributed by atoms with E-state index >= 15 is 0 Å². The Balaban J connectivity index is 1.70. The van der Waals surface area contributed by atoms with Crippen molar-refractivity contribution in [2.75, 3.05) is 6.61 Å². The molecule has 0 aromatic heterocycles. The first-order valence-corrected chi connectivity index (χ1v) is 7.43. The van der Waals surface area contributed by atoms with Crippen LogP contribution in [0.2, 0.25) is 0 Å². The molecule has 1 saturated carbocycles. The molecule has 2 heterocycles. The molecular formula is C15H17ClO3. The maximum Gasteiger partial charge on any atom is 0.155 e. The predicted molar refractivity (Wildman–Crippen MR) is 71.6 cm³/mol. The van der Waals surface area contributed by atoms with Gasteiger partial charge in [-0.25, -0.2) is 0 Å². The van der Waals surface area contributed by atoms with Crippen LogP contribution < -0.4 is 4.74 Å². The third-order valence-corrected chi connectivity index (χ3v) is 4.88. The summed E-state index contributed by atoms with van der Waals surface area (Å²) in [4.78, 5) is 0. The molecule has 1 saturated heterocycles. The molecule has 0 amide bonds. The van der Waals surface area contributed by atoms with Crippen LogP contribution in [0.15, 0.2) is 18.2 Å². The summed E-state index contributed by atoms with van der Waals surface area (Å²) in [5.74, 6) is 2.31. The first-order chi connectivity index (χ1) is 9.28. The number of benzene rings is 1. The summed E-state index contributed by atoms with van der Waals surface area (Å²) in [7, 11) is 0. The van der Waals surface area contributed by atoms with E-state index in [0.29, 0.717) is 17.7 Å². The van der Waals surface area contributed by atoms with E-state index in [2.05, 4.69) is 12.1 Å². The lowest BCUT2D eigenvalue weighted by molar-refractivity contribution is -0.221. The average molecular weight is 281 g/mol. The number of para-hydroxylation sites is 1. The predicted octanol–water partition coefficient (Wildman–Crippen LogP) is 3.05. The van der Waals surface area contributed by atoms with Crippen LogP contribution >= 0.6 is 11.6 Å². The average Bonchev–Trinajstić information content (AvgIpc) is 2.92. The van der Waals surface area contributed by atoms with Gasteiger partial charge in [-0.3, -0.25) is 0 Å². The fourth-order valence-corrected chi connectivity index (χ4v) is 3.99. The van der Waals surface area contributed by atoms with Gasteiger partial charge in [-0.15, -0.1) is 11.6 Å². The molecule has 3 nitrogen and oxygen atoms in total. The molecule has 1 aromatic carbocycles. The van der Waals surface area contributed by atoms with Gasteiger partial charge in [0.05, 0.1) is 18.6 Å². The lowest BCUT2D eigenvalue weighted by Crippen LogP contribution is -2.37. The Hall–Kier alpha value is -0.770. The van der Waals surface area contributed by atoms with Gasteiger partial charge < -0.3 is 14.2 Å². The number of rotatable bonds is 1. The lowest BCUT2D eigenvalue weighted by atomic mass is 9.87. The van der Waals surface area contributed by atoms with Crippen LogP contribution in [0, 0.1) is 5.92 Å². The van der Waals surface area contributed by atoms with Gasteiger partial charge >= 0.3 is 0 Å². The van der Waals surface area contributed by atoms with Gasteiger partial charge in [-0.05, 0) is 6.92 Å². The van der Waals surface area contributed by atoms with Gasteiger partial charge in [-0.1, -0.05) is 18.2 Å². The molecule has 0 spiro atoms. The Morgan fingerprint density at radius 1 is 1.32 bits per heavy atom. The second-order valence-corrected chi connectivity index (χ2v) is 5.89. The molecule has 102 valence electrons. The van der Waals surface area contributed by atoms with Crippen LogP contribution in [0.3, 0.4) is 0 Å². The number of hydrogen-bond acceptors (Lipinski definition) is 3. The van der Waals surface area contributed by atoms with E-state index in [1.54, 1.807) is 0 Å². The molecule has 4 rings (SSSR count). The van der Waals surface area contributed by atoms with Crippen molar-refractivity contribution in [3.05, 3.63) is 29.3 Å². The van der Waals surface area contributed by atoms with Crippen LogP contribution in [0.1, 0.15) is 30.4 Å². The SMILES string of the molecule is CC1OC[C@@H]2[C@H]3c4cccc(CCl)c4O[C@H]3C[C@H]2O1. The van der Waals surface area contributed by atoms with Gasteiger partial charge in [0.15, 0.2) is 6.29 Å². The van der Waals surface area contributed by atoms with Crippen molar-refractivity contribution in [1.29, 1.82) is 0 Å². The van der Waals surface area contributed by atoms with E-state index in [4.69, 9.17) is 25.8 Å². The van der Waals surface area contributed by atoms with E-state index < -0.39 is 0 Å². The van der Waals surface area contributed by atoms with Crippen LogP contribution in [-0.4, -0.2) is 25.1 Å². The molecule has 1 unspecified atom stereocenters. The summed E-state index contributed by atoms with van der Waals surface area (Å²) in [6, 6.07) is 6.28. The number of alkyl halides is 1. The fraction of sp³-hybridized carbons (Fsp3) is 0.600. The zero-order valence-corrected chi connectivity index (χ0v) is 11.6. The molecule has 3 aliphatic rings.